The maximum atomic E-state index is 12.9. The number of likely N-dealkylation sites (tertiary alicyclic amines) is 2. The number of fused-ring (bicyclic) bond motifs is 1. The van der Waals surface area contributed by atoms with Crippen molar-refractivity contribution in [2.24, 2.45) is 17.6 Å². The van der Waals surface area contributed by atoms with Gasteiger partial charge in [0, 0.05) is 37.4 Å². The molecule has 31 heavy (non-hydrogen) atoms. The van der Waals surface area contributed by atoms with Crippen LogP contribution in [0, 0.1) is 18.3 Å². The highest BCUT2D eigenvalue weighted by Gasteiger charge is 2.41. The number of hydrogen-bond donors (Lipinski definition) is 2. The average molecular weight is 420 g/mol. The van der Waals surface area contributed by atoms with Gasteiger partial charge in [-0.15, -0.1) is 0 Å². The van der Waals surface area contributed by atoms with Crippen molar-refractivity contribution in [3.63, 3.8) is 0 Å². The minimum atomic E-state index is -1.05. The zero-order valence-electron chi connectivity index (χ0n) is 17.4. The number of nitrogens with one attached hydrogen (secondary N) is 1. The van der Waals surface area contributed by atoms with Gasteiger partial charge in [0.15, 0.2) is 0 Å². The predicted octanol–water partition coefficient (Wildman–Crippen LogP) is 1.76. The third-order valence-electron chi connectivity index (χ3n) is 6.09. The summed E-state index contributed by atoms with van der Waals surface area (Å²) in [4.78, 5) is 39.5. The molecular weight excluding hydrogens is 392 g/mol. The van der Waals surface area contributed by atoms with Gasteiger partial charge in [-0.3, -0.25) is 14.4 Å². The summed E-state index contributed by atoms with van der Waals surface area (Å²) in [5, 5.41) is 2.39. The lowest BCUT2D eigenvalue weighted by atomic mass is 10.0. The molecule has 161 valence electrons. The highest BCUT2D eigenvalue weighted by Crippen LogP contribution is 2.32. The van der Waals surface area contributed by atoms with E-state index in [9.17, 15) is 14.4 Å². The van der Waals surface area contributed by atoms with Gasteiger partial charge in [-0.05, 0) is 61.1 Å². The van der Waals surface area contributed by atoms with E-state index in [1.165, 1.54) is 5.56 Å². The summed E-state index contributed by atoms with van der Waals surface area (Å²) in [5.41, 5.74) is 7.21. The van der Waals surface area contributed by atoms with Crippen LogP contribution in [0.2, 0.25) is 0 Å². The Kier molecular flexibility index (Phi) is 6.32. The number of anilines is 1. The summed E-state index contributed by atoms with van der Waals surface area (Å²) in [6.07, 6.45) is 3.31. The number of amides is 3. The Bertz CT molecular complexity index is 931. The normalized spacial score (nSPS) is 20.5. The fourth-order valence-corrected chi connectivity index (χ4v) is 4.51. The van der Waals surface area contributed by atoms with Crippen molar-refractivity contribution in [2.45, 2.75) is 6.42 Å². The van der Waals surface area contributed by atoms with Crippen molar-refractivity contribution in [3.05, 3.63) is 72.1 Å². The molecule has 2 saturated heterocycles. The molecule has 0 spiro atoms. The molecule has 0 aromatic heterocycles. The number of carbonyl (C=O) groups is 3. The van der Waals surface area contributed by atoms with Crippen LogP contribution in [0.3, 0.4) is 0 Å². The number of rotatable bonds is 6. The van der Waals surface area contributed by atoms with Gasteiger partial charge in [0.25, 0.3) is 5.91 Å². The van der Waals surface area contributed by atoms with E-state index in [-0.39, 0.29) is 5.91 Å². The lowest BCUT2D eigenvalue weighted by Gasteiger charge is -2.21. The van der Waals surface area contributed by atoms with Crippen molar-refractivity contribution in [1.82, 2.24) is 9.80 Å². The summed E-state index contributed by atoms with van der Waals surface area (Å²) in [6.45, 7) is 4.68. The van der Waals surface area contributed by atoms with Crippen LogP contribution in [0.4, 0.5) is 5.69 Å². The van der Waals surface area contributed by atoms with Crippen LogP contribution in [0.25, 0.3) is 0 Å². The van der Waals surface area contributed by atoms with Crippen LogP contribution >= 0.6 is 0 Å². The molecule has 7 nitrogen and oxygen atoms in total. The van der Waals surface area contributed by atoms with E-state index in [0.717, 1.165) is 39.1 Å². The molecule has 2 aromatic rings. The van der Waals surface area contributed by atoms with E-state index in [1.807, 2.05) is 11.0 Å². The van der Waals surface area contributed by atoms with E-state index in [1.54, 1.807) is 24.3 Å². The van der Waals surface area contributed by atoms with Crippen molar-refractivity contribution < 1.29 is 14.4 Å². The molecule has 3 amide bonds. The molecule has 2 heterocycles. The zero-order chi connectivity index (χ0) is 21.8. The second-order valence-electron chi connectivity index (χ2n) is 8.29. The van der Waals surface area contributed by atoms with E-state index in [2.05, 4.69) is 40.9 Å². The largest absolute Gasteiger partial charge is 0.361 e. The molecule has 2 fully saturated rings. The van der Waals surface area contributed by atoms with E-state index in [4.69, 9.17) is 5.73 Å². The fraction of sp³-hybridized carbons (Fsp3) is 0.333. The molecule has 2 aliphatic heterocycles. The highest BCUT2D eigenvalue weighted by molar-refractivity contribution is 6.39. The van der Waals surface area contributed by atoms with Crippen LogP contribution in [-0.2, 0) is 9.59 Å². The molecule has 2 aliphatic rings. The van der Waals surface area contributed by atoms with Gasteiger partial charge in [0.2, 0.25) is 0 Å². The molecule has 2 aromatic carbocycles. The van der Waals surface area contributed by atoms with Crippen LogP contribution < -0.4 is 11.1 Å². The molecule has 1 unspecified atom stereocenters. The topological polar surface area (TPSA) is 95.7 Å². The number of carbonyl (C=O) groups excluding carboxylic acids is 3. The lowest BCUT2D eigenvalue weighted by molar-refractivity contribution is -0.134. The Labute approximate surface area is 182 Å². The molecule has 1 radical (unpaired) electrons. The Balaban J connectivity index is 1.24. The first kappa shape index (κ1) is 21.1. The first-order valence-corrected chi connectivity index (χ1v) is 10.6. The standard InChI is InChI=1S/C24H27N4O3/c25-22(29)23(30)26-21-10-8-18(9-11-21)24(31)28-15-19-13-27(14-20(19)16-28)12-4-7-17-5-2-1-3-6-17/h1-3,5-11,19-20H,4,12-16H2,(H2,25,29)(H,26,30)/t19-,20?/m0/s1. The molecule has 3 N–H and O–H groups in total. The van der Waals surface area contributed by atoms with Crippen molar-refractivity contribution >= 4 is 23.4 Å². The van der Waals surface area contributed by atoms with Crippen LogP contribution in [0.15, 0.2) is 54.6 Å². The summed E-state index contributed by atoms with van der Waals surface area (Å²) in [6, 6.07) is 16.9. The van der Waals surface area contributed by atoms with E-state index in [0.29, 0.717) is 23.1 Å². The Hall–Kier alpha value is -3.19. The van der Waals surface area contributed by atoms with Gasteiger partial charge in [0.1, 0.15) is 0 Å². The fourth-order valence-electron chi connectivity index (χ4n) is 4.51. The second kappa shape index (κ2) is 9.31. The van der Waals surface area contributed by atoms with Crippen molar-refractivity contribution in [3.8, 4) is 0 Å². The quantitative estimate of drug-likeness (QED) is 0.698. The smallest absolute Gasteiger partial charge is 0.313 e. The van der Waals surface area contributed by atoms with Gasteiger partial charge in [-0.1, -0.05) is 30.3 Å². The Morgan fingerprint density at radius 1 is 0.935 bits per heavy atom. The third-order valence-corrected chi connectivity index (χ3v) is 6.09. The van der Waals surface area contributed by atoms with Crippen LogP contribution in [-0.4, -0.2) is 60.2 Å². The molecule has 0 saturated carbocycles. The van der Waals surface area contributed by atoms with Gasteiger partial charge in [-0.25, -0.2) is 0 Å². The second-order valence-corrected chi connectivity index (χ2v) is 8.29. The monoisotopic (exact) mass is 419 g/mol. The Morgan fingerprint density at radius 3 is 2.19 bits per heavy atom. The number of nitrogens with zero attached hydrogens (tertiary/aromatic N) is 2. The zero-order valence-corrected chi connectivity index (χ0v) is 17.4. The summed E-state index contributed by atoms with van der Waals surface area (Å²) < 4.78 is 0. The number of nitrogens with two attached hydrogens (primary N) is 1. The number of hydrogen-bond acceptors (Lipinski definition) is 4. The number of benzene rings is 2. The maximum Gasteiger partial charge on any atom is 0.313 e. The van der Waals surface area contributed by atoms with Crippen molar-refractivity contribution in [1.29, 1.82) is 0 Å². The first-order chi connectivity index (χ1) is 15.0. The van der Waals surface area contributed by atoms with Gasteiger partial charge < -0.3 is 20.9 Å². The minimum absolute atomic E-state index is 0.00568. The Morgan fingerprint density at radius 2 is 1.58 bits per heavy atom. The number of primary amides is 1. The van der Waals surface area contributed by atoms with Crippen LogP contribution in [0.5, 0.6) is 0 Å². The molecule has 4 rings (SSSR count). The molecule has 0 aliphatic carbocycles. The minimum Gasteiger partial charge on any atom is -0.361 e. The van der Waals surface area contributed by atoms with Crippen LogP contribution in [0.1, 0.15) is 22.3 Å². The summed E-state index contributed by atoms with van der Waals surface area (Å²) in [7, 11) is 0. The van der Waals surface area contributed by atoms with Gasteiger partial charge >= 0.3 is 11.8 Å². The van der Waals surface area contributed by atoms with E-state index >= 15 is 0 Å². The molecule has 2 atom stereocenters. The van der Waals surface area contributed by atoms with Gasteiger partial charge in [0.05, 0.1) is 0 Å². The van der Waals surface area contributed by atoms with Gasteiger partial charge in [-0.2, -0.15) is 0 Å². The average Bonchev–Trinajstić information content (AvgIpc) is 3.33. The summed E-state index contributed by atoms with van der Waals surface area (Å²) in [5.74, 6) is -0.871. The first-order valence-electron chi connectivity index (χ1n) is 10.6. The van der Waals surface area contributed by atoms with E-state index < -0.39 is 11.8 Å². The SMILES string of the molecule is NC(=O)C(=O)Nc1ccc(C(=O)N2CC3CN(CC[CH]c4ccccc4)C[C@H]3C2)cc1. The molecular formula is C24H27N4O3. The summed E-state index contributed by atoms with van der Waals surface area (Å²) >= 11 is 0. The molecule has 7 heteroatoms. The maximum absolute atomic E-state index is 12.9. The predicted molar refractivity (Wildman–Crippen MR) is 118 cm³/mol. The lowest BCUT2D eigenvalue weighted by Crippen LogP contribution is -2.33. The third kappa shape index (κ3) is 5.11. The molecule has 0 bridgehead atoms. The highest BCUT2D eigenvalue weighted by atomic mass is 16.2. The van der Waals surface area contributed by atoms with Crippen molar-refractivity contribution in [2.75, 3.05) is 38.0 Å².